The van der Waals surface area contributed by atoms with Gasteiger partial charge < -0.3 is 16.2 Å². The zero-order valence-electron chi connectivity index (χ0n) is 11.1. The van der Waals surface area contributed by atoms with E-state index in [1.165, 1.54) is 6.07 Å². The molecular formula is C15H18FN3O. The molecular weight excluding hydrogens is 257 g/mol. The number of aliphatic hydroxyl groups is 1. The van der Waals surface area contributed by atoms with Crippen LogP contribution in [0.4, 0.5) is 15.8 Å². The van der Waals surface area contributed by atoms with E-state index in [1.54, 1.807) is 12.3 Å². The topological polar surface area (TPSA) is 71.2 Å². The molecule has 2 atom stereocenters. The fourth-order valence-corrected chi connectivity index (χ4v) is 2.84. The van der Waals surface area contributed by atoms with E-state index < -0.39 is 11.9 Å². The van der Waals surface area contributed by atoms with Crippen LogP contribution in [0.1, 0.15) is 25.7 Å². The van der Waals surface area contributed by atoms with Crippen molar-refractivity contribution in [1.82, 2.24) is 4.98 Å². The molecule has 1 fully saturated rings. The Labute approximate surface area is 116 Å². The van der Waals surface area contributed by atoms with Crippen LogP contribution in [-0.4, -0.2) is 22.2 Å². The van der Waals surface area contributed by atoms with Gasteiger partial charge in [-0.05, 0) is 31.0 Å². The largest absolute Gasteiger partial charge is 0.398 e. The zero-order valence-corrected chi connectivity index (χ0v) is 11.1. The maximum atomic E-state index is 14.2. The third kappa shape index (κ3) is 2.29. The maximum Gasteiger partial charge on any atom is 0.150 e. The first-order chi connectivity index (χ1) is 9.66. The number of nitrogens with one attached hydrogen (secondary N) is 1. The predicted molar refractivity (Wildman–Crippen MR) is 78.0 cm³/mol. The molecule has 1 aliphatic carbocycles. The second-order valence-electron chi connectivity index (χ2n) is 5.32. The van der Waals surface area contributed by atoms with Gasteiger partial charge in [-0.2, -0.15) is 0 Å². The number of hydrogen-bond acceptors (Lipinski definition) is 4. The van der Waals surface area contributed by atoms with Gasteiger partial charge in [0.1, 0.15) is 0 Å². The molecule has 1 heterocycles. The Morgan fingerprint density at radius 3 is 2.95 bits per heavy atom. The number of pyridine rings is 1. The molecule has 0 amide bonds. The molecule has 5 heteroatoms. The molecule has 1 aromatic carbocycles. The molecule has 1 aliphatic rings. The van der Waals surface area contributed by atoms with Crippen molar-refractivity contribution in [3.8, 4) is 0 Å². The van der Waals surface area contributed by atoms with Gasteiger partial charge in [0.15, 0.2) is 5.82 Å². The van der Waals surface area contributed by atoms with Crippen LogP contribution in [-0.2, 0) is 0 Å². The molecule has 20 heavy (non-hydrogen) atoms. The van der Waals surface area contributed by atoms with Crippen molar-refractivity contribution in [1.29, 1.82) is 0 Å². The van der Waals surface area contributed by atoms with Gasteiger partial charge in [0.2, 0.25) is 0 Å². The summed E-state index contributed by atoms with van der Waals surface area (Å²) >= 11 is 0. The number of rotatable bonds is 2. The summed E-state index contributed by atoms with van der Waals surface area (Å²) in [7, 11) is 0. The quantitative estimate of drug-likeness (QED) is 0.737. The molecule has 1 aromatic heterocycles. The Kier molecular flexibility index (Phi) is 3.44. The number of nitrogens with zero attached hydrogens (tertiary/aromatic N) is 1. The summed E-state index contributed by atoms with van der Waals surface area (Å²) < 4.78 is 14.2. The lowest BCUT2D eigenvalue weighted by molar-refractivity contribution is 0.116. The van der Waals surface area contributed by atoms with E-state index in [4.69, 9.17) is 5.73 Å². The Balaban J connectivity index is 2.02. The third-order valence-corrected chi connectivity index (χ3v) is 3.94. The van der Waals surface area contributed by atoms with E-state index in [1.807, 2.05) is 6.07 Å². The van der Waals surface area contributed by atoms with Crippen LogP contribution >= 0.6 is 0 Å². The SMILES string of the molecule is Nc1cc(F)c(NC2CCCCC2O)c2ncccc12. The lowest BCUT2D eigenvalue weighted by Gasteiger charge is -2.29. The lowest BCUT2D eigenvalue weighted by atomic mass is 9.92. The van der Waals surface area contributed by atoms with E-state index in [0.29, 0.717) is 16.9 Å². The van der Waals surface area contributed by atoms with Crippen LogP contribution in [0.15, 0.2) is 24.4 Å². The summed E-state index contributed by atoms with van der Waals surface area (Å²) in [4.78, 5) is 4.23. The highest BCUT2D eigenvalue weighted by Crippen LogP contribution is 2.32. The first kappa shape index (κ1) is 13.1. The molecule has 106 valence electrons. The average Bonchev–Trinajstić information content (AvgIpc) is 2.45. The number of nitrogen functional groups attached to an aromatic ring is 1. The standard InChI is InChI=1S/C15H18FN3O/c16-10-8-11(17)9-4-3-7-18-14(9)15(10)19-12-5-1-2-6-13(12)20/h3-4,7-8,12-13,19-20H,1-2,5-6,17H2. The summed E-state index contributed by atoms with van der Waals surface area (Å²) in [5.41, 5.74) is 7.06. The molecule has 2 unspecified atom stereocenters. The van der Waals surface area contributed by atoms with Gasteiger partial charge in [0.05, 0.1) is 23.3 Å². The number of anilines is 2. The number of fused-ring (bicyclic) bond motifs is 1. The molecule has 0 aliphatic heterocycles. The predicted octanol–water partition coefficient (Wildman–Crippen LogP) is 2.67. The maximum absolute atomic E-state index is 14.2. The van der Waals surface area contributed by atoms with Gasteiger partial charge >= 0.3 is 0 Å². The van der Waals surface area contributed by atoms with Crippen LogP contribution in [0.2, 0.25) is 0 Å². The first-order valence-electron chi connectivity index (χ1n) is 6.94. The monoisotopic (exact) mass is 275 g/mol. The Bertz CT molecular complexity index is 632. The van der Waals surface area contributed by atoms with E-state index in [0.717, 1.165) is 31.1 Å². The average molecular weight is 275 g/mol. The summed E-state index contributed by atoms with van der Waals surface area (Å²) in [5.74, 6) is -0.425. The summed E-state index contributed by atoms with van der Waals surface area (Å²) in [6, 6.07) is 4.77. The number of hydrogen-bond donors (Lipinski definition) is 3. The highest BCUT2D eigenvalue weighted by Gasteiger charge is 2.25. The van der Waals surface area contributed by atoms with E-state index >= 15 is 0 Å². The Morgan fingerprint density at radius 1 is 1.35 bits per heavy atom. The van der Waals surface area contributed by atoms with Gasteiger partial charge in [-0.1, -0.05) is 12.8 Å². The molecule has 4 N–H and O–H groups in total. The number of nitrogens with two attached hydrogens (primary N) is 1. The molecule has 0 saturated heterocycles. The van der Waals surface area contributed by atoms with Crippen LogP contribution < -0.4 is 11.1 Å². The highest BCUT2D eigenvalue weighted by molar-refractivity contribution is 5.98. The molecule has 4 nitrogen and oxygen atoms in total. The van der Waals surface area contributed by atoms with Crippen molar-refractivity contribution in [3.63, 3.8) is 0 Å². The smallest absolute Gasteiger partial charge is 0.150 e. The van der Waals surface area contributed by atoms with Crippen LogP contribution in [0.25, 0.3) is 10.9 Å². The van der Waals surface area contributed by atoms with Crippen molar-refractivity contribution in [3.05, 3.63) is 30.2 Å². The minimum absolute atomic E-state index is 0.132. The fourth-order valence-electron chi connectivity index (χ4n) is 2.84. The van der Waals surface area contributed by atoms with Crippen molar-refractivity contribution in [2.75, 3.05) is 11.1 Å². The molecule has 0 spiro atoms. The van der Waals surface area contributed by atoms with Gasteiger partial charge in [0.25, 0.3) is 0 Å². The summed E-state index contributed by atoms with van der Waals surface area (Å²) in [6.45, 7) is 0. The van der Waals surface area contributed by atoms with Crippen LogP contribution in [0.5, 0.6) is 0 Å². The lowest BCUT2D eigenvalue weighted by Crippen LogP contribution is -2.36. The number of halogens is 1. The molecule has 0 bridgehead atoms. The Hall–Kier alpha value is -1.88. The molecule has 2 aromatic rings. The Morgan fingerprint density at radius 2 is 2.15 bits per heavy atom. The first-order valence-corrected chi connectivity index (χ1v) is 6.94. The van der Waals surface area contributed by atoms with Gasteiger partial charge in [-0.15, -0.1) is 0 Å². The minimum atomic E-state index is -0.445. The number of aliphatic hydroxyl groups excluding tert-OH is 1. The number of benzene rings is 1. The third-order valence-electron chi connectivity index (χ3n) is 3.94. The van der Waals surface area contributed by atoms with Crippen molar-refractivity contribution < 1.29 is 9.50 Å². The van der Waals surface area contributed by atoms with Crippen molar-refractivity contribution in [2.24, 2.45) is 0 Å². The second-order valence-corrected chi connectivity index (χ2v) is 5.32. The zero-order chi connectivity index (χ0) is 14.1. The van der Waals surface area contributed by atoms with Gasteiger partial charge in [-0.25, -0.2) is 4.39 Å². The normalized spacial score (nSPS) is 22.9. The molecule has 3 rings (SSSR count). The van der Waals surface area contributed by atoms with Gasteiger partial charge in [0, 0.05) is 17.3 Å². The fraction of sp³-hybridized carbons (Fsp3) is 0.400. The second kappa shape index (κ2) is 5.25. The van der Waals surface area contributed by atoms with Crippen LogP contribution in [0, 0.1) is 5.82 Å². The minimum Gasteiger partial charge on any atom is -0.398 e. The van der Waals surface area contributed by atoms with E-state index in [-0.39, 0.29) is 6.04 Å². The van der Waals surface area contributed by atoms with Crippen molar-refractivity contribution in [2.45, 2.75) is 37.8 Å². The van der Waals surface area contributed by atoms with E-state index in [2.05, 4.69) is 10.3 Å². The highest BCUT2D eigenvalue weighted by atomic mass is 19.1. The van der Waals surface area contributed by atoms with Crippen molar-refractivity contribution >= 4 is 22.3 Å². The van der Waals surface area contributed by atoms with Crippen LogP contribution in [0.3, 0.4) is 0 Å². The molecule has 0 radical (unpaired) electrons. The summed E-state index contributed by atoms with van der Waals surface area (Å²) in [5, 5.41) is 13.9. The van der Waals surface area contributed by atoms with E-state index in [9.17, 15) is 9.50 Å². The number of aromatic nitrogens is 1. The summed E-state index contributed by atoms with van der Waals surface area (Å²) in [6.07, 6.45) is 4.81. The molecule has 1 saturated carbocycles. The van der Waals surface area contributed by atoms with Gasteiger partial charge in [-0.3, -0.25) is 4.98 Å².